The minimum absolute atomic E-state index is 0.0251. The molecule has 1 rings (SSSR count). The largest absolute Gasteiger partial charge is 0.399 e. The third-order valence-electron chi connectivity index (χ3n) is 3.25. The summed E-state index contributed by atoms with van der Waals surface area (Å²) in [6.07, 6.45) is 2.13. The summed E-state index contributed by atoms with van der Waals surface area (Å²) in [6.45, 7) is 8.36. The van der Waals surface area contributed by atoms with Crippen LogP contribution >= 0.6 is 0 Å². The normalized spacial score (nSPS) is 10.7. The van der Waals surface area contributed by atoms with E-state index >= 15 is 0 Å². The van der Waals surface area contributed by atoms with Crippen LogP contribution in [0.2, 0.25) is 0 Å². The zero-order valence-corrected chi connectivity index (χ0v) is 12.0. The van der Waals surface area contributed by atoms with Crippen LogP contribution in [0.5, 0.6) is 0 Å². The molecule has 0 saturated heterocycles. The SMILES string of the molecule is CCN(CC)CCCCNC(=O)c1ccc(N)cc1. The van der Waals surface area contributed by atoms with Crippen molar-refractivity contribution in [2.45, 2.75) is 26.7 Å². The highest BCUT2D eigenvalue weighted by Crippen LogP contribution is 2.05. The number of amides is 1. The van der Waals surface area contributed by atoms with Crippen LogP contribution in [0.1, 0.15) is 37.0 Å². The quantitative estimate of drug-likeness (QED) is 0.558. The highest BCUT2D eigenvalue weighted by atomic mass is 16.1. The van der Waals surface area contributed by atoms with E-state index in [2.05, 4.69) is 24.1 Å². The Labute approximate surface area is 116 Å². The van der Waals surface area contributed by atoms with Crippen LogP contribution in [0.25, 0.3) is 0 Å². The van der Waals surface area contributed by atoms with Crippen molar-refractivity contribution in [3.05, 3.63) is 29.8 Å². The van der Waals surface area contributed by atoms with Crippen LogP contribution in [0.4, 0.5) is 5.69 Å². The van der Waals surface area contributed by atoms with Gasteiger partial charge < -0.3 is 16.0 Å². The molecule has 0 fully saturated rings. The molecule has 1 amide bonds. The number of rotatable bonds is 8. The van der Waals surface area contributed by atoms with Crippen LogP contribution in [-0.4, -0.2) is 37.0 Å². The molecule has 0 radical (unpaired) electrons. The maximum Gasteiger partial charge on any atom is 0.251 e. The average molecular weight is 263 g/mol. The topological polar surface area (TPSA) is 58.4 Å². The van der Waals surface area contributed by atoms with Crippen molar-refractivity contribution in [3.63, 3.8) is 0 Å². The number of anilines is 1. The Balaban J connectivity index is 2.19. The molecule has 0 bridgehead atoms. The lowest BCUT2D eigenvalue weighted by Gasteiger charge is -2.17. The van der Waals surface area contributed by atoms with Gasteiger partial charge in [0, 0.05) is 17.8 Å². The van der Waals surface area contributed by atoms with E-state index in [0.717, 1.165) is 39.0 Å². The summed E-state index contributed by atoms with van der Waals surface area (Å²) in [7, 11) is 0. The molecule has 0 aliphatic carbocycles. The molecule has 19 heavy (non-hydrogen) atoms. The molecular formula is C15H25N3O. The van der Waals surface area contributed by atoms with Gasteiger partial charge in [0.2, 0.25) is 0 Å². The molecule has 4 nitrogen and oxygen atoms in total. The molecule has 0 aliphatic heterocycles. The van der Waals surface area contributed by atoms with Crippen molar-refractivity contribution in [2.24, 2.45) is 0 Å². The summed E-state index contributed by atoms with van der Waals surface area (Å²) < 4.78 is 0. The first-order valence-corrected chi connectivity index (χ1v) is 7.03. The smallest absolute Gasteiger partial charge is 0.251 e. The molecule has 4 heteroatoms. The van der Waals surface area contributed by atoms with Gasteiger partial charge in [-0.25, -0.2) is 0 Å². The number of nitrogens with zero attached hydrogens (tertiary/aromatic N) is 1. The lowest BCUT2D eigenvalue weighted by atomic mass is 10.2. The maximum absolute atomic E-state index is 11.8. The Morgan fingerprint density at radius 2 is 1.79 bits per heavy atom. The van der Waals surface area contributed by atoms with Crippen molar-refractivity contribution in [3.8, 4) is 0 Å². The number of carbonyl (C=O) groups is 1. The van der Waals surface area contributed by atoms with Crippen molar-refractivity contribution in [2.75, 3.05) is 31.9 Å². The van der Waals surface area contributed by atoms with Crippen molar-refractivity contribution < 1.29 is 4.79 Å². The Kier molecular flexibility index (Phi) is 6.97. The van der Waals surface area contributed by atoms with Gasteiger partial charge >= 0.3 is 0 Å². The van der Waals surface area contributed by atoms with E-state index in [1.807, 2.05) is 0 Å². The maximum atomic E-state index is 11.8. The van der Waals surface area contributed by atoms with Crippen LogP contribution in [-0.2, 0) is 0 Å². The minimum Gasteiger partial charge on any atom is -0.399 e. The van der Waals surface area contributed by atoms with E-state index < -0.39 is 0 Å². The van der Waals surface area contributed by atoms with E-state index in [0.29, 0.717) is 11.3 Å². The Bertz CT molecular complexity index is 371. The monoisotopic (exact) mass is 263 g/mol. The fourth-order valence-electron chi connectivity index (χ4n) is 1.94. The molecule has 106 valence electrons. The molecule has 0 heterocycles. The summed E-state index contributed by atoms with van der Waals surface area (Å²) in [6, 6.07) is 6.99. The van der Waals surface area contributed by atoms with Crippen LogP contribution < -0.4 is 11.1 Å². The van der Waals surface area contributed by atoms with Crippen LogP contribution in [0.15, 0.2) is 24.3 Å². The fourth-order valence-corrected chi connectivity index (χ4v) is 1.94. The van der Waals surface area contributed by atoms with Crippen LogP contribution in [0, 0.1) is 0 Å². The Hall–Kier alpha value is -1.55. The van der Waals surface area contributed by atoms with Gasteiger partial charge in [-0.15, -0.1) is 0 Å². The predicted molar refractivity (Wildman–Crippen MR) is 80.2 cm³/mol. The van der Waals surface area contributed by atoms with Gasteiger partial charge in [-0.1, -0.05) is 13.8 Å². The van der Waals surface area contributed by atoms with Gasteiger partial charge in [-0.05, 0) is 56.7 Å². The number of hydrogen-bond donors (Lipinski definition) is 2. The number of nitrogens with two attached hydrogens (primary N) is 1. The van der Waals surface area contributed by atoms with E-state index in [9.17, 15) is 4.79 Å². The number of hydrogen-bond acceptors (Lipinski definition) is 3. The molecule has 0 saturated carbocycles. The minimum atomic E-state index is -0.0251. The van der Waals surface area contributed by atoms with E-state index in [1.165, 1.54) is 0 Å². The molecule has 3 N–H and O–H groups in total. The Morgan fingerprint density at radius 3 is 2.37 bits per heavy atom. The number of carbonyl (C=O) groups excluding carboxylic acids is 1. The van der Waals surface area contributed by atoms with E-state index in [-0.39, 0.29) is 5.91 Å². The number of unbranched alkanes of at least 4 members (excludes halogenated alkanes) is 1. The second-order valence-electron chi connectivity index (χ2n) is 4.61. The molecule has 0 aromatic heterocycles. The van der Waals surface area contributed by atoms with Gasteiger partial charge in [-0.2, -0.15) is 0 Å². The second-order valence-corrected chi connectivity index (χ2v) is 4.61. The summed E-state index contributed by atoms with van der Waals surface area (Å²) in [5.41, 5.74) is 6.93. The highest BCUT2D eigenvalue weighted by molar-refractivity contribution is 5.94. The molecule has 0 atom stereocenters. The van der Waals surface area contributed by atoms with Gasteiger partial charge in [0.25, 0.3) is 5.91 Å². The van der Waals surface area contributed by atoms with Gasteiger partial charge in [0.15, 0.2) is 0 Å². The second kappa shape index (κ2) is 8.53. The summed E-state index contributed by atoms with van der Waals surface area (Å²) in [5.74, 6) is -0.0251. The van der Waals surface area contributed by atoms with Crippen molar-refractivity contribution in [1.29, 1.82) is 0 Å². The molecule has 0 spiro atoms. The predicted octanol–water partition coefficient (Wildman–Crippen LogP) is 2.12. The molecular weight excluding hydrogens is 238 g/mol. The first kappa shape index (κ1) is 15.5. The molecule has 0 unspecified atom stereocenters. The Morgan fingerprint density at radius 1 is 1.16 bits per heavy atom. The van der Waals surface area contributed by atoms with Crippen molar-refractivity contribution in [1.82, 2.24) is 10.2 Å². The van der Waals surface area contributed by atoms with Gasteiger partial charge in [-0.3, -0.25) is 4.79 Å². The zero-order valence-electron chi connectivity index (χ0n) is 12.0. The lowest BCUT2D eigenvalue weighted by molar-refractivity contribution is 0.0952. The standard InChI is InChI=1S/C15H25N3O/c1-3-18(4-2)12-6-5-11-17-15(19)13-7-9-14(16)10-8-13/h7-10H,3-6,11-12,16H2,1-2H3,(H,17,19). The summed E-state index contributed by atoms with van der Waals surface area (Å²) in [4.78, 5) is 14.2. The zero-order chi connectivity index (χ0) is 14.1. The van der Waals surface area contributed by atoms with Gasteiger partial charge in [0.1, 0.15) is 0 Å². The average Bonchev–Trinajstić information content (AvgIpc) is 2.43. The molecule has 1 aromatic rings. The van der Waals surface area contributed by atoms with Crippen molar-refractivity contribution >= 4 is 11.6 Å². The summed E-state index contributed by atoms with van der Waals surface area (Å²) in [5, 5.41) is 2.93. The first-order valence-electron chi connectivity index (χ1n) is 7.03. The summed E-state index contributed by atoms with van der Waals surface area (Å²) >= 11 is 0. The molecule has 1 aromatic carbocycles. The van der Waals surface area contributed by atoms with E-state index in [4.69, 9.17) is 5.73 Å². The third-order valence-corrected chi connectivity index (χ3v) is 3.25. The van der Waals surface area contributed by atoms with Gasteiger partial charge in [0.05, 0.1) is 0 Å². The number of nitrogens with one attached hydrogen (secondary N) is 1. The first-order chi connectivity index (χ1) is 9.17. The highest BCUT2D eigenvalue weighted by Gasteiger charge is 2.04. The number of benzene rings is 1. The van der Waals surface area contributed by atoms with E-state index in [1.54, 1.807) is 24.3 Å². The third kappa shape index (κ3) is 5.75. The fraction of sp³-hybridized carbons (Fsp3) is 0.533. The molecule has 0 aliphatic rings. The van der Waals surface area contributed by atoms with Crippen LogP contribution in [0.3, 0.4) is 0 Å². The lowest BCUT2D eigenvalue weighted by Crippen LogP contribution is -2.27. The number of nitrogen functional groups attached to an aromatic ring is 1.